The second-order valence-electron chi connectivity index (χ2n) is 7.65. The van der Waals surface area contributed by atoms with Gasteiger partial charge in [-0.25, -0.2) is 0 Å². The second kappa shape index (κ2) is 9.11. The molecule has 2 atom stereocenters. The number of guanidine groups is 1. The van der Waals surface area contributed by atoms with Gasteiger partial charge in [0.1, 0.15) is 0 Å². The summed E-state index contributed by atoms with van der Waals surface area (Å²) in [6.45, 7) is 3.39. The summed E-state index contributed by atoms with van der Waals surface area (Å²) in [6, 6.07) is 8.56. The SMILES string of the molecule is CN=C(NCCCc1c[nH]c2ccccc12)N1CC2CCCCC2C1.I. The lowest BCUT2D eigenvalue weighted by atomic mass is 9.82. The van der Waals surface area contributed by atoms with Gasteiger partial charge in [0.15, 0.2) is 5.96 Å². The highest BCUT2D eigenvalue weighted by molar-refractivity contribution is 14.0. The van der Waals surface area contributed by atoms with Crippen LogP contribution in [0.2, 0.25) is 0 Å². The molecule has 4 nitrogen and oxygen atoms in total. The first-order chi connectivity index (χ1) is 12.3. The molecule has 4 rings (SSSR count). The van der Waals surface area contributed by atoms with Crippen molar-refractivity contribution < 1.29 is 0 Å². The van der Waals surface area contributed by atoms with Crippen molar-refractivity contribution in [2.75, 3.05) is 26.7 Å². The zero-order valence-electron chi connectivity index (χ0n) is 15.7. The van der Waals surface area contributed by atoms with Crippen molar-refractivity contribution in [2.45, 2.75) is 38.5 Å². The molecule has 1 aromatic heterocycles. The van der Waals surface area contributed by atoms with Gasteiger partial charge >= 0.3 is 0 Å². The van der Waals surface area contributed by atoms with Gasteiger partial charge in [-0.2, -0.15) is 0 Å². The normalized spacial score (nSPS) is 23.0. The summed E-state index contributed by atoms with van der Waals surface area (Å²) >= 11 is 0. The quantitative estimate of drug-likeness (QED) is 0.303. The summed E-state index contributed by atoms with van der Waals surface area (Å²) in [5.74, 6) is 2.91. The Kier molecular flexibility index (Phi) is 6.84. The summed E-state index contributed by atoms with van der Waals surface area (Å²) in [7, 11) is 1.92. The van der Waals surface area contributed by atoms with Crippen LogP contribution in [0.3, 0.4) is 0 Å². The second-order valence-corrected chi connectivity index (χ2v) is 7.65. The number of aliphatic imine (C=N–C) groups is 1. The maximum atomic E-state index is 4.54. The Bertz CT molecular complexity index is 724. The maximum absolute atomic E-state index is 4.54. The molecule has 2 aromatic rings. The number of nitrogens with zero attached hydrogens (tertiary/aromatic N) is 2. The standard InChI is InChI=1S/C21H30N4.HI/c1-22-21(25-14-17-7-2-3-8-18(17)15-25)23-12-6-9-16-13-24-20-11-5-4-10-19(16)20;/h4-5,10-11,13,17-18,24H,2-3,6-9,12,14-15H2,1H3,(H,22,23);1H. The third kappa shape index (κ3) is 4.18. The molecule has 0 spiro atoms. The highest BCUT2D eigenvalue weighted by atomic mass is 127. The van der Waals surface area contributed by atoms with Crippen molar-refractivity contribution in [3.8, 4) is 0 Å². The zero-order valence-corrected chi connectivity index (χ0v) is 18.0. The van der Waals surface area contributed by atoms with Gasteiger partial charge in [-0.05, 0) is 49.1 Å². The topological polar surface area (TPSA) is 43.4 Å². The Hall–Kier alpha value is -1.24. The Morgan fingerprint density at radius 3 is 2.65 bits per heavy atom. The number of H-pyrrole nitrogens is 1. The summed E-state index contributed by atoms with van der Waals surface area (Å²) in [4.78, 5) is 10.4. The van der Waals surface area contributed by atoms with E-state index in [-0.39, 0.29) is 24.0 Å². The lowest BCUT2D eigenvalue weighted by molar-refractivity contribution is 0.299. The number of aromatic amines is 1. The first kappa shape index (κ1) is 19.5. The van der Waals surface area contributed by atoms with Crippen molar-refractivity contribution in [1.82, 2.24) is 15.2 Å². The zero-order chi connectivity index (χ0) is 17.1. The van der Waals surface area contributed by atoms with Crippen molar-refractivity contribution in [3.63, 3.8) is 0 Å². The molecule has 2 heterocycles. The van der Waals surface area contributed by atoms with Crippen LogP contribution in [0, 0.1) is 11.8 Å². The molecule has 0 radical (unpaired) electrons. The Morgan fingerprint density at radius 2 is 1.92 bits per heavy atom. The number of fused-ring (bicyclic) bond motifs is 2. The van der Waals surface area contributed by atoms with Crippen LogP contribution in [0.25, 0.3) is 10.9 Å². The fourth-order valence-electron chi connectivity index (χ4n) is 4.73. The molecule has 1 aromatic carbocycles. The van der Waals surface area contributed by atoms with E-state index in [1.807, 2.05) is 7.05 Å². The highest BCUT2D eigenvalue weighted by Crippen LogP contribution is 2.35. The third-order valence-corrected chi connectivity index (χ3v) is 6.07. The summed E-state index contributed by atoms with van der Waals surface area (Å²) in [5, 5.41) is 4.95. The predicted molar refractivity (Wildman–Crippen MR) is 120 cm³/mol. The number of benzene rings is 1. The fourth-order valence-corrected chi connectivity index (χ4v) is 4.73. The molecular formula is C21H31IN4. The minimum atomic E-state index is 0. The Morgan fingerprint density at radius 1 is 1.19 bits per heavy atom. The van der Waals surface area contributed by atoms with Gasteiger partial charge in [-0.1, -0.05) is 31.0 Å². The van der Waals surface area contributed by atoms with Crippen LogP contribution in [-0.4, -0.2) is 42.5 Å². The summed E-state index contributed by atoms with van der Waals surface area (Å²) in [5.41, 5.74) is 2.65. The molecule has 1 saturated heterocycles. The molecule has 26 heavy (non-hydrogen) atoms. The minimum Gasteiger partial charge on any atom is -0.361 e. The monoisotopic (exact) mass is 466 g/mol. The van der Waals surface area contributed by atoms with Gasteiger partial charge in [-0.15, -0.1) is 24.0 Å². The van der Waals surface area contributed by atoms with E-state index in [2.05, 4.69) is 50.7 Å². The molecule has 2 unspecified atom stereocenters. The maximum Gasteiger partial charge on any atom is 0.193 e. The van der Waals surface area contributed by atoms with E-state index in [1.54, 1.807) is 0 Å². The van der Waals surface area contributed by atoms with Crippen LogP contribution < -0.4 is 5.32 Å². The smallest absolute Gasteiger partial charge is 0.193 e. The number of aryl methyl sites for hydroxylation is 1. The minimum absolute atomic E-state index is 0. The van der Waals surface area contributed by atoms with Gasteiger partial charge in [0.05, 0.1) is 0 Å². The number of para-hydroxylation sites is 1. The van der Waals surface area contributed by atoms with Gasteiger partial charge in [-0.3, -0.25) is 4.99 Å². The van der Waals surface area contributed by atoms with Gasteiger partial charge < -0.3 is 15.2 Å². The highest BCUT2D eigenvalue weighted by Gasteiger charge is 2.35. The van der Waals surface area contributed by atoms with Crippen LogP contribution in [0.5, 0.6) is 0 Å². The number of rotatable bonds is 4. The van der Waals surface area contributed by atoms with E-state index in [0.29, 0.717) is 0 Å². The molecule has 0 amide bonds. The van der Waals surface area contributed by atoms with Crippen LogP contribution in [0.1, 0.15) is 37.7 Å². The Balaban J connectivity index is 0.00000196. The van der Waals surface area contributed by atoms with Gasteiger partial charge in [0, 0.05) is 43.8 Å². The molecule has 2 fully saturated rings. The molecule has 2 N–H and O–H groups in total. The predicted octanol–water partition coefficient (Wildman–Crippen LogP) is 4.42. The van der Waals surface area contributed by atoms with E-state index in [9.17, 15) is 0 Å². The van der Waals surface area contributed by atoms with Crippen LogP contribution in [0.15, 0.2) is 35.5 Å². The third-order valence-electron chi connectivity index (χ3n) is 6.07. The molecule has 5 heteroatoms. The lowest BCUT2D eigenvalue weighted by Gasteiger charge is -2.22. The number of aromatic nitrogens is 1. The molecule has 1 aliphatic carbocycles. The average Bonchev–Trinajstić information content (AvgIpc) is 3.26. The van der Waals surface area contributed by atoms with Crippen molar-refractivity contribution in [2.24, 2.45) is 16.8 Å². The van der Waals surface area contributed by atoms with E-state index in [0.717, 1.165) is 37.2 Å². The molecular weight excluding hydrogens is 435 g/mol. The van der Waals surface area contributed by atoms with Crippen molar-refractivity contribution >= 4 is 40.8 Å². The van der Waals surface area contributed by atoms with E-state index in [1.165, 1.54) is 55.2 Å². The lowest BCUT2D eigenvalue weighted by Crippen LogP contribution is -2.40. The summed E-state index contributed by atoms with van der Waals surface area (Å²) < 4.78 is 0. The number of hydrogen-bond donors (Lipinski definition) is 2. The van der Waals surface area contributed by atoms with Gasteiger partial charge in [0.2, 0.25) is 0 Å². The molecule has 2 aliphatic rings. The number of nitrogens with one attached hydrogen (secondary N) is 2. The Labute approximate surface area is 173 Å². The first-order valence-corrected chi connectivity index (χ1v) is 9.86. The van der Waals surface area contributed by atoms with Gasteiger partial charge in [0.25, 0.3) is 0 Å². The molecule has 0 bridgehead atoms. The van der Waals surface area contributed by atoms with Crippen LogP contribution >= 0.6 is 24.0 Å². The number of likely N-dealkylation sites (tertiary alicyclic amines) is 1. The van der Waals surface area contributed by atoms with E-state index < -0.39 is 0 Å². The van der Waals surface area contributed by atoms with Crippen LogP contribution in [0.4, 0.5) is 0 Å². The van der Waals surface area contributed by atoms with Crippen LogP contribution in [-0.2, 0) is 6.42 Å². The fraction of sp³-hybridized carbons (Fsp3) is 0.571. The number of hydrogen-bond acceptors (Lipinski definition) is 1. The molecule has 1 saturated carbocycles. The molecule has 1 aliphatic heterocycles. The number of halogens is 1. The van der Waals surface area contributed by atoms with E-state index in [4.69, 9.17) is 0 Å². The summed E-state index contributed by atoms with van der Waals surface area (Å²) in [6.07, 6.45) is 10.1. The van der Waals surface area contributed by atoms with Crippen molar-refractivity contribution in [3.05, 3.63) is 36.0 Å². The largest absolute Gasteiger partial charge is 0.361 e. The average molecular weight is 466 g/mol. The van der Waals surface area contributed by atoms with Crippen molar-refractivity contribution in [1.29, 1.82) is 0 Å². The molecule has 142 valence electrons. The van der Waals surface area contributed by atoms with E-state index >= 15 is 0 Å². The first-order valence-electron chi connectivity index (χ1n) is 9.86.